The summed E-state index contributed by atoms with van der Waals surface area (Å²) in [6.07, 6.45) is 2.07. The van der Waals surface area contributed by atoms with Gasteiger partial charge < -0.3 is 9.80 Å². The first-order valence-electron chi connectivity index (χ1n) is 6.91. The van der Waals surface area contributed by atoms with Crippen LogP contribution < -0.4 is 0 Å². The molecule has 0 radical (unpaired) electrons. The van der Waals surface area contributed by atoms with Crippen LogP contribution in [0, 0.1) is 0 Å². The van der Waals surface area contributed by atoms with Crippen LogP contribution in [0.3, 0.4) is 0 Å². The van der Waals surface area contributed by atoms with E-state index in [1.54, 1.807) is 6.07 Å². The molecule has 106 valence electrons. The SMILES string of the molecule is CN1CCC(N(C)C(=O)c2ccc3n[nH]nc3c2)CC1. The molecule has 0 spiro atoms. The number of nitrogens with one attached hydrogen (secondary N) is 1. The molecular formula is C14H19N5O. The van der Waals surface area contributed by atoms with Gasteiger partial charge in [0.2, 0.25) is 0 Å². The normalized spacial score (nSPS) is 17.5. The number of amides is 1. The van der Waals surface area contributed by atoms with Crippen molar-refractivity contribution in [2.75, 3.05) is 27.2 Å². The van der Waals surface area contributed by atoms with Crippen molar-refractivity contribution in [3.63, 3.8) is 0 Å². The number of piperidine rings is 1. The second kappa shape index (κ2) is 5.20. The molecule has 1 N–H and O–H groups in total. The van der Waals surface area contributed by atoms with E-state index in [-0.39, 0.29) is 5.91 Å². The van der Waals surface area contributed by atoms with Gasteiger partial charge in [-0.1, -0.05) is 0 Å². The highest BCUT2D eigenvalue weighted by Crippen LogP contribution is 2.18. The lowest BCUT2D eigenvalue weighted by atomic mass is 10.0. The molecule has 0 aliphatic carbocycles. The lowest BCUT2D eigenvalue weighted by Crippen LogP contribution is -2.44. The number of carbonyl (C=O) groups is 1. The van der Waals surface area contributed by atoms with Gasteiger partial charge in [-0.2, -0.15) is 15.4 Å². The Labute approximate surface area is 117 Å². The number of hydrogen-bond acceptors (Lipinski definition) is 4. The van der Waals surface area contributed by atoms with Gasteiger partial charge in [-0.3, -0.25) is 4.79 Å². The van der Waals surface area contributed by atoms with Crippen molar-refractivity contribution in [3.05, 3.63) is 23.8 Å². The number of fused-ring (bicyclic) bond motifs is 1. The third kappa shape index (κ3) is 2.38. The predicted molar refractivity (Wildman–Crippen MR) is 76.5 cm³/mol. The van der Waals surface area contributed by atoms with Gasteiger partial charge in [-0.25, -0.2) is 0 Å². The van der Waals surface area contributed by atoms with E-state index >= 15 is 0 Å². The Kier molecular flexibility index (Phi) is 3.40. The number of nitrogens with zero attached hydrogens (tertiary/aromatic N) is 4. The second-order valence-electron chi connectivity index (χ2n) is 5.48. The van der Waals surface area contributed by atoms with E-state index < -0.39 is 0 Å². The van der Waals surface area contributed by atoms with Crippen molar-refractivity contribution >= 4 is 16.9 Å². The summed E-state index contributed by atoms with van der Waals surface area (Å²) < 4.78 is 0. The van der Waals surface area contributed by atoms with Crippen LogP contribution in [-0.4, -0.2) is 64.3 Å². The third-order valence-corrected chi connectivity index (χ3v) is 4.12. The fraction of sp³-hybridized carbons (Fsp3) is 0.500. The number of H-pyrrole nitrogens is 1. The third-order valence-electron chi connectivity index (χ3n) is 4.12. The average Bonchev–Trinajstić information content (AvgIpc) is 2.94. The van der Waals surface area contributed by atoms with E-state index in [1.807, 2.05) is 24.1 Å². The Balaban J connectivity index is 1.77. The van der Waals surface area contributed by atoms with Crippen molar-refractivity contribution in [2.24, 2.45) is 0 Å². The lowest BCUT2D eigenvalue weighted by molar-refractivity contribution is 0.0660. The highest BCUT2D eigenvalue weighted by Gasteiger charge is 2.24. The molecule has 20 heavy (non-hydrogen) atoms. The zero-order valence-electron chi connectivity index (χ0n) is 11.8. The summed E-state index contributed by atoms with van der Waals surface area (Å²) in [5.41, 5.74) is 2.18. The highest BCUT2D eigenvalue weighted by atomic mass is 16.2. The Morgan fingerprint density at radius 3 is 2.75 bits per heavy atom. The van der Waals surface area contributed by atoms with Crippen LogP contribution in [0.2, 0.25) is 0 Å². The number of aromatic nitrogens is 3. The minimum atomic E-state index is 0.0597. The minimum absolute atomic E-state index is 0.0597. The molecule has 6 nitrogen and oxygen atoms in total. The Morgan fingerprint density at radius 2 is 2.00 bits per heavy atom. The summed E-state index contributed by atoms with van der Waals surface area (Å²) in [5, 5.41) is 10.6. The quantitative estimate of drug-likeness (QED) is 0.890. The molecule has 2 aromatic rings. The molecule has 3 rings (SSSR count). The summed E-state index contributed by atoms with van der Waals surface area (Å²) in [7, 11) is 4.02. The largest absolute Gasteiger partial charge is 0.339 e. The fourth-order valence-electron chi connectivity index (χ4n) is 2.73. The van der Waals surface area contributed by atoms with Crippen LogP contribution in [0.1, 0.15) is 23.2 Å². The van der Waals surface area contributed by atoms with Gasteiger partial charge in [0.05, 0.1) is 0 Å². The van der Waals surface area contributed by atoms with Gasteiger partial charge >= 0.3 is 0 Å². The smallest absolute Gasteiger partial charge is 0.253 e. The van der Waals surface area contributed by atoms with Crippen molar-refractivity contribution in [3.8, 4) is 0 Å². The van der Waals surface area contributed by atoms with Crippen molar-refractivity contribution in [2.45, 2.75) is 18.9 Å². The van der Waals surface area contributed by atoms with Crippen LogP contribution in [0.15, 0.2) is 18.2 Å². The molecule has 1 aromatic heterocycles. The molecule has 1 saturated heterocycles. The Hall–Kier alpha value is -1.95. The van der Waals surface area contributed by atoms with Gasteiger partial charge in [0, 0.05) is 18.7 Å². The molecule has 1 amide bonds. The molecule has 1 aliphatic heterocycles. The first kappa shape index (κ1) is 13.1. The summed E-state index contributed by atoms with van der Waals surface area (Å²) in [6, 6.07) is 5.77. The van der Waals surface area contributed by atoms with Crippen molar-refractivity contribution in [1.82, 2.24) is 25.2 Å². The van der Waals surface area contributed by atoms with Crippen molar-refractivity contribution in [1.29, 1.82) is 0 Å². The van der Waals surface area contributed by atoms with E-state index in [4.69, 9.17) is 0 Å². The molecule has 1 aromatic carbocycles. The van der Waals surface area contributed by atoms with Crippen LogP contribution >= 0.6 is 0 Å². The maximum Gasteiger partial charge on any atom is 0.253 e. The highest BCUT2D eigenvalue weighted by molar-refractivity contribution is 5.97. The summed E-state index contributed by atoms with van der Waals surface area (Å²) in [4.78, 5) is 16.7. The summed E-state index contributed by atoms with van der Waals surface area (Å²) >= 11 is 0. The fourth-order valence-corrected chi connectivity index (χ4v) is 2.73. The Morgan fingerprint density at radius 1 is 1.30 bits per heavy atom. The van der Waals surface area contributed by atoms with E-state index in [0.717, 1.165) is 37.0 Å². The maximum absolute atomic E-state index is 12.5. The van der Waals surface area contributed by atoms with Gasteiger partial charge in [-0.15, -0.1) is 0 Å². The van der Waals surface area contributed by atoms with Crippen molar-refractivity contribution < 1.29 is 4.79 Å². The van der Waals surface area contributed by atoms with Crippen LogP contribution in [-0.2, 0) is 0 Å². The molecule has 0 bridgehead atoms. The molecular weight excluding hydrogens is 254 g/mol. The molecule has 1 aliphatic rings. The van der Waals surface area contributed by atoms with Crippen LogP contribution in [0.5, 0.6) is 0 Å². The number of carbonyl (C=O) groups excluding carboxylic acids is 1. The molecule has 2 heterocycles. The van der Waals surface area contributed by atoms with Gasteiger partial charge in [-0.05, 0) is 51.2 Å². The second-order valence-corrected chi connectivity index (χ2v) is 5.48. The topological polar surface area (TPSA) is 65.1 Å². The van der Waals surface area contributed by atoms with E-state index in [1.165, 1.54) is 0 Å². The number of hydrogen-bond donors (Lipinski definition) is 1. The number of benzene rings is 1. The molecule has 0 atom stereocenters. The van der Waals surface area contributed by atoms with Crippen LogP contribution in [0.25, 0.3) is 11.0 Å². The first-order chi connectivity index (χ1) is 9.65. The van der Waals surface area contributed by atoms with Gasteiger partial charge in [0.1, 0.15) is 11.0 Å². The minimum Gasteiger partial charge on any atom is -0.339 e. The Bertz CT molecular complexity index is 615. The summed E-state index contributed by atoms with van der Waals surface area (Å²) in [5.74, 6) is 0.0597. The molecule has 0 unspecified atom stereocenters. The lowest BCUT2D eigenvalue weighted by Gasteiger charge is -2.35. The first-order valence-corrected chi connectivity index (χ1v) is 6.91. The zero-order chi connectivity index (χ0) is 14.1. The number of rotatable bonds is 2. The van der Waals surface area contributed by atoms with E-state index in [0.29, 0.717) is 11.6 Å². The monoisotopic (exact) mass is 273 g/mol. The van der Waals surface area contributed by atoms with Crippen LogP contribution in [0.4, 0.5) is 0 Å². The zero-order valence-corrected chi connectivity index (χ0v) is 11.8. The average molecular weight is 273 g/mol. The van der Waals surface area contributed by atoms with E-state index in [2.05, 4.69) is 27.4 Å². The number of likely N-dealkylation sites (tertiary alicyclic amines) is 1. The molecule has 6 heteroatoms. The summed E-state index contributed by atoms with van der Waals surface area (Å²) in [6.45, 7) is 2.09. The predicted octanol–water partition coefficient (Wildman–Crippen LogP) is 1.12. The molecule has 0 saturated carbocycles. The van der Waals surface area contributed by atoms with E-state index in [9.17, 15) is 4.79 Å². The van der Waals surface area contributed by atoms with Gasteiger partial charge in [0.25, 0.3) is 5.91 Å². The number of aromatic amines is 1. The maximum atomic E-state index is 12.5. The van der Waals surface area contributed by atoms with Gasteiger partial charge in [0.15, 0.2) is 0 Å². The standard InChI is InChI=1S/C14H19N5O/c1-18-7-5-11(6-8-18)19(2)14(20)10-3-4-12-13(9-10)16-17-15-12/h3-4,9,11H,5-8H2,1-2H3,(H,15,16,17). The molecule has 1 fully saturated rings.